The fraction of sp³-hybridized carbons (Fsp3) is 0. The Balaban J connectivity index is 1.77. The van der Waals surface area contributed by atoms with Gasteiger partial charge in [0.05, 0.1) is 0 Å². The molecule has 0 unspecified atom stereocenters. The molecule has 1 nitrogen and oxygen atoms in total. The zero-order valence-electron chi connectivity index (χ0n) is 14.2. The van der Waals surface area contributed by atoms with Gasteiger partial charge >= 0.3 is 0 Å². The molecule has 6 aromatic rings. The van der Waals surface area contributed by atoms with Gasteiger partial charge in [-0.2, -0.15) is 0 Å². The van der Waals surface area contributed by atoms with E-state index in [1.165, 1.54) is 25.7 Å². The molecule has 0 atom stereocenters. The summed E-state index contributed by atoms with van der Waals surface area (Å²) in [6.45, 7) is 0. The minimum absolute atomic E-state index is 0.921. The predicted molar refractivity (Wildman–Crippen MR) is 120 cm³/mol. The summed E-state index contributed by atoms with van der Waals surface area (Å²) in [7, 11) is 0. The summed E-state index contributed by atoms with van der Waals surface area (Å²) in [6, 6.07) is 27.7. The van der Waals surface area contributed by atoms with Crippen molar-refractivity contribution < 1.29 is 4.42 Å². The highest BCUT2D eigenvalue weighted by Gasteiger charge is 2.17. The molecule has 0 aliphatic rings. The molecule has 0 radical (unpaired) electrons. The van der Waals surface area contributed by atoms with Crippen molar-refractivity contribution in [3.63, 3.8) is 0 Å². The molecule has 0 saturated heterocycles. The molecule has 0 amide bonds. The van der Waals surface area contributed by atoms with Crippen molar-refractivity contribution in [3.05, 3.63) is 83.3 Å². The van der Waals surface area contributed by atoms with Gasteiger partial charge < -0.3 is 4.42 Å². The zero-order valence-corrected chi connectivity index (χ0v) is 16.6. The summed E-state index contributed by atoms with van der Waals surface area (Å²) in [5.41, 5.74) is 4.23. The van der Waals surface area contributed by atoms with Gasteiger partial charge in [0, 0.05) is 46.5 Å². The summed E-state index contributed by atoms with van der Waals surface area (Å²) >= 11 is 5.57. The maximum Gasteiger partial charge on any atom is 0.144 e. The van der Waals surface area contributed by atoms with Gasteiger partial charge in [-0.05, 0) is 24.3 Å². The first kappa shape index (κ1) is 15.4. The second kappa shape index (κ2) is 5.69. The molecule has 0 N–H and O–H groups in total. The summed E-state index contributed by atoms with van der Waals surface area (Å²) in [4.78, 5) is 0. The minimum Gasteiger partial charge on any atom is -0.455 e. The molecule has 4 aromatic carbocycles. The second-order valence-electron chi connectivity index (χ2n) is 6.68. The third-order valence-electron chi connectivity index (χ3n) is 5.17. The topological polar surface area (TPSA) is 13.1 Å². The fourth-order valence-corrected chi connectivity index (χ4v) is 5.72. The number of rotatable bonds is 1. The predicted octanol–water partition coefficient (Wildman–Crippen LogP) is 8.38. The molecule has 0 saturated carbocycles. The molecular formula is C24H13BrOS. The van der Waals surface area contributed by atoms with Crippen LogP contribution in [0.1, 0.15) is 0 Å². The van der Waals surface area contributed by atoms with E-state index in [1.54, 1.807) is 0 Å². The molecule has 0 aliphatic heterocycles. The second-order valence-corrected chi connectivity index (χ2v) is 8.58. The van der Waals surface area contributed by atoms with Crippen LogP contribution in [0.4, 0.5) is 0 Å². The SMILES string of the molecule is Brc1ccc(-c2cccc3c2sc2ccccc23)c2oc3ccccc3c12. The standard InChI is InChI=1S/C24H13BrOS/c25-19-13-12-15(23-22(19)18-7-1-3-10-20(18)26-23)17-9-5-8-16-14-6-2-4-11-21(14)27-24(16)17/h1-13H. The van der Waals surface area contributed by atoms with E-state index in [2.05, 4.69) is 82.7 Å². The molecule has 0 aliphatic carbocycles. The minimum atomic E-state index is 0.921. The van der Waals surface area contributed by atoms with Gasteiger partial charge in [0.25, 0.3) is 0 Å². The lowest BCUT2D eigenvalue weighted by atomic mass is 10.0. The highest BCUT2D eigenvalue weighted by atomic mass is 79.9. The van der Waals surface area contributed by atoms with E-state index >= 15 is 0 Å². The van der Waals surface area contributed by atoms with Crippen LogP contribution in [0.3, 0.4) is 0 Å². The summed E-state index contributed by atoms with van der Waals surface area (Å²) < 4.78 is 10.0. The van der Waals surface area contributed by atoms with Gasteiger partial charge in [0.2, 0.25) is 0 Å². The molecule has 0 spiro atoms. The van der Waals surface area contributed by atoms with Crippen molar-refractivity contribution in [1.29, 1.82) is 0 Å². The lowest BCUT2D eigenvalue weighted by molar-refractivity contribution is 0.670. The Morgan fingerprint density at radius 1 is 0.667 bits per heavy atom. The number of fused-ring (bicyclic) bond motifs is 6. The first-order valence-corrected chi connectivity index (χ1v) is 10.4. The average molecular weight is 429 g/mol. The number of para-hydroxylation sites is 1. The van der Waals surface area contributed by atoms with Gasteiger partial charge in [-0.15, -0.1) is 11.3 Å². The summed E-state index contributed by atoms with van der Waals surface area (Å²) in [5, 5.41) is 4.91. The van der Waals surface area contributed by atoms with Crippen LogP contribution >= 0.6 is 27.3 Å². The molecule has 6 rings (SSSR count). The Hall–Kier alpha value is -2.62. The monoisotopic (exact) mass is 428 g/mol. The molecule has 128 valence electrons. The zero-order chi connectivity index (χ0) is 18.0. The van der Waals surface area contributed by atoms with Crippen LogP contribution in [-0.4, -0.2) is 0 Å². The summed E-state index contributed by atoms with van der Waals surface area (Å²) in [6.07, 6.45) is 0. The van der Waals surface area contributed by atoms with E-state index < -0.39 is 0 Å². The fourth-order valence-electron chi connectivity index (χ4n) is 3.96. The Labute approximate surface area is 168 Å². The van der Waals surface area contributed by atoms with Crippen LogP contribution in [0.5, 0.6) is 0 Å². The number of furan rings is 1. The first-order valence-electron chi connectivity index (χ1n) is 8.81. The highest BCUT2D eigenvalue weighted by Crippen LogP contribution is 2.44. The number of benzene rings is 4. The number of hydrogen-bond donors (Lipinski definition) is 0. The smallest absolute Gasteiger partial charge is 0.144 e. The molecule has 0 bridgehead atoms. The lowest BCUT2D eigenvalue weighted by Gasteiger charge is -2.06. The van der Waals surface area contributed by atoms with Crippen LogP contribution in [0, 0.1) is 0 Å². The molecular weight excluding hydrogens is 416 g/mol. The van der Waals surface area contributed by atoms with Crippen LogP contribution in [0.2, 0.25) is 0 Å². The van der Waals surface area contributed by atoms with Crippen molar-refractivity contribution in [2.45, 2.75) is 0 Å². The van der Waals surface area contributed by atoms with Crippen molar-refractivity contribution in [3.8, 4) is 11.1 Å². The third kappa shape index (κ3) is 2.16. The number of hydrogen-bond acceptors (Lipinski definition) is 2. The Morgan fingerprint density at radius 3 is 2.37 bits per heavy atom. The van der Waals surface area contributed by atoms with Crippen molar-refractivity contribution in [2.75, 3.05) is 0 Å². The summed E-state index contributed by atoms with van der Waals surface area (Å²) in [5.74, 6) is 0. The van der Waals surface area contributed by atoms with E-state index in [-0.39, 0.29) is 0 Å². The Bertz CT molecular complexity index is 1490. The van der Waals surface area contributed by atoms with Gasteiger partial charge in [0.1, 0.15) is 11.2 Å². The van der Waals surface area contributed by atoms with Crippen LogP contribution in [0.25, 0.3) is 53.2 Å². The van der Waals surface area contributed by atoms with E-state index in [1.807, 2.05) is 23.5 Å². The third-order valence-corrected chi connectivity index (χ3v) is 7.05. The van der Waals surface area contributed by atoms with E-state index in [0.29, 0.717) is 0 Å². The van der Waals surface area contributed by atoms with Gasteiger partial charge in [-0.1, -0.05) is 70.5 Å². The largest absolute Gasteiger partial charge is 0.455 e. The van der Waals surface area contributed by atoms with Crippen LogP contribution < -0.4 is 0 Å². The maximum atomic E-state index is 6.32. The van der Waals surface area contributed by atoms with E-state index in [4.69, 9.17) is 4.42 Å². The van der Waals surface area contributed by atoms with Gasteiger partial charge in [0.15, 0.2) is 0 Å². The quantitative estimate of drug-likeness (QED) is 0.256. The van der Waals surface area contributed by atoms with Crippen LogP contribution in [-0.2, 0) is 0 Å². The van der Waals surface area contributed by atoms with Crippen molar-refractivity contribution >= 4 is 69.4 Å². The van der Waals surface area contributed by atoms with Crippen LogP contribution in [0.15, 0.2) is 87.8 Å². The Morgan fingerprint density at radius 2 is 1.44 bits per heavy atom. The average Bonchev–Trinajstić information content (AvgIpc) is 3.27. The van der Waals surface area contributed by atoms with Gasteiger partial charge in [-0.3, -0.25) is 0 Å². The van der Waals surface area contributed by atoms with E-state index in [0.717, 1.165) is 32.0 Å². The number of halogens is 1. The molecule has 0 fully saturated rings. The van der Waals surface area contributed by atoms with Crippen molar-refractivity contribution in [1.82, 2.24) is 0 Å². The number of thiophene rings is 1. The molecule has 27 heavy (non-hydrogen) atoms. The maximum absolute atomic E-state index is 6.32. The lowest BCUT2D eigenvalue weighted by Crippen LogP contribution is -1.80. The first-order chi connectivity index (χ1) is 13.3. The normalized spacial score (nSPS) is 11.9. The Kier molecular flexibility index (Phi) is 3.25. The van der Waals surface area contributed by atoms with Crippen molar-refractivity contribution in [2.24, 2.45) is 0 Å². The highest BCUT2D eigenvalue weighted by molar-refractivity contribution is 9.10. The molecule has 2 heterocycles. The van der Waals surface area contributed by atoms with E-state index in [9.17, 15) is 0 Å². The molecule has 3 heteroatoms. The van der Waals surface area contributed by atoms with Gasteiger partial charge in [-0.25, -0.2) is 0 Å². The molecule has 2 aromatic heterocycles.